The first-order valence-corrected chi connectivity index (χ1v) is 7.37. The minimum absolute atomic E-state index is 0.268. The number of nitrogens with one attached hydrogen (secondary N) is 2. The van der Waals surface area contributed by atoms with Crippen molar-refractivity contribution in [2.45, 2.75) is 19.3 Å². The van der Waals surface area contributed by atoms with Gasteiger partial charge in [-0.25, -0.2) is 4.39 Å². The number of benzene rings is 2. The molecule has 0 saturated carbocycles. The quantitative estimate of drug-likeness (QED) is 0.448. The van der Waals surface area contributed by atoms with Gasteiger partial charge in [0.05, 0.1) is 5.56 Å². The van der Waals surface area contributed by atoms with E-state index in [0.29, 0.717) is 17.1 Å². The first-order chi connectivity index (χ1) is 11.8. The fourth-order valence-corrected chi connectivity index (χ4v) is 2.06. The van der Waals surface area contributed by atoms with Gasteiger partial charge < -0.3 is 15.7 Å². The maximum absolute atomic E-state index is 13.3. The molecule has 0 atom stereocenters. The van der Waals surface area contributed by atoms with Crippen LogP contribution in [0.2, 0.25) is 0 Å². The lowest BCUT2D eigenvalue weighted by Gasteiger charge is -2.13. The van der Waals surface area contributed by atoms with Crippen molar-refractivity contribution in [1.82, 2.24) is 10.6 Å². The van der Waals surface area contributed by atoms with Crippen molar-refractivity contribution >= 4 is 5.96 Å². The fraction of sp³-hybridized carbons (Fsp3) is 0.235. The average molecular weight is 355 g/mol. The highest BCUT2D eigenvalue weighted by molar-refractivity contribution is 5.79. The molecule has 134 valence electrons. The van der Waals surface area contributed by atoms with Crippen LogP contribution in [0.3, 0.4) is 0 Å². The zero-order chi connectivity index (χ0) is 18.4. The molecule has 0 spiro atoms. The summed E-state index contributed by atoms with van der Waals surface area (Å²) in [5.74, 6) is -0.728. The third kappa shape index (κ3) is 5.37. The molecule has 0 heterocycles. The molecule has 0 aromatic heterocycles. The molecule has 0 aliphatic heterocycles. The molecule has 0 aliphatic carbocycles. The van der Waals surface area contributed by atoms with E-state index in [1.54, 1.807) is 13.1 Å². The second kappa shape index (κ2) is 7.87. The molecule has 2 aromatic rings. The van der Waals surface area contributed by atoms with Crippen molar-refractivity contribution in [3.8, 4) is 5.75 Å². The summed E-state index contributed by atoms with van der Waals surface area (Å²) in [5.41, 5.74) is 0.563. The average Bonchev–Trinajstić information content (AvgIpc) is 2.57. The summed E-state index contributed by atoms with van der Waals surface area (Å²) >= 11 is 0. The van der Waals surface area contributed by atoms with E-state index in [1.165, 1.54) is 24.3 Å². The van der Waals surface area contributed by atoms with Gasteiger partial charge in [0.2, 0.25) is 0 Å². The van der Waals surface area contributed by atoms with Gasteiger partial charge >= 0.3 is 6.18 Å². The molecule has 3 N–H and O–H groups in total. The van der Waals surface area contributed by atoms with Gasteiger partial charge in [0.15, 0.2) is 17.5 Å². The standard InChI is InChI=1S/C17H17F4N3O/c1-22-16(24-10-12-4-7-15(25)14(18)8-12)23-9-11-2-5-13(6-3-11)17(19,20)21/h2-8,25H,9-10H2,1H3,(H2,22,23,24). The van der Waals surface area contributed by atoms with Crippen LogP contribution in [-0.2, 0) is 19.3 Å². The van der Waals surface area contributed by atoms with Crippen molar-refractivity contribution in [3.05, 3.63) is 65.0 Å². The van der Waals surface area contributed by atoms with E-state index in [4.69, 9.17) is 5.11 Å². The highest BCUT2D eigenvalue weighted by atomic mass is 19.4. The Morgan fingerprint density at radius 3 is 2.08 bits per heavy atom. The lowest BCUT2D eigenvalue weighted by Crippen LogP contribution is -2.36. The number of guanidine groups is 1. The molecule has 0 fully saturated rings. The largest absolute Gasteiger partial charge is 0.505 e. The summed E-state index contributed by atoms with van der Waals surface area (Å²) in [5, 5.41) is 15.0. The first kappa shape index (κ1) is 18.6. The molecule has 0 bridgehead atoms. The van der Waals surface area contributed by atoms with Crippen molar-refractivity contribution in [1.29, 1.82) is 0 Å². The number of hydrogen-bond donors (Lipinski definition) is 3. The van der Waals surface area contributed by atoms with Crippen LogP contribution in [0.5, 0.6) is 5.75 Å². The van der Waals surface area contributed by atoms with Crippen LogP contribution >= 0.6 is 0 Å². The minimum Gasteiger partial charge on any atom is -0.505 e. The van der Waals surface area contributed by atoms with Crippen LogP contribution in [0.1, 0.15) is 16.7 Å². The molecule has 2 aromatic carbocycles. The smallest absolute Gasteiger partial charge is 0.416 e. The van der Waals surface area contributed by atoms with E-state index < -0.39 is 23.3 Å². The number of phenolic OH excluding ortho intramolecular Hbond substituents is 1. The van der Waals surface area contributed by atoms with Crippen LogP contribution < -0.4 is 10.6 Å². The van der Waals surface area contributed by atoms with Gasteiger partial charge in [-0.3, -0.25) is 4.99 Å². The van der Waals surface area contributed by atoms with Crippen molar-refractivity contribution in [2.75, 3.05) is 7.05 Å². The van der Waals surface area contributed by atoms with Crippen LogP contribution in [0.25, 0.3) is 0 Å². The van der Waals surface area contributed by atoms with E-state index in [9.17, 15) is 17.6 Å². The molecule has 8 heteroatoms. The molecule has 0 saturated heterocycles. The van der Waals surface area contributed by atoms with E-state index in [2.05, 4.69) is 15.6 Å². The molecule has 2 rings (SSSR count). The van der Waals surface area contributed by atoms with Crippen molar-refractivity contribution < 1.29 is 22.7 Å². The monoisotopic (exact) mass is 355 g/mol. The molecule has 4 nitrogen and oxygen atoms in total. The molecule has 0 radical (unpaired) electrons. The third-order valence-electron chi connectivity index (χ3n) is 3.44. The van der Waals surface area contributed by atoms with Gasteiger partial charge in [-0.15, -0.1) is 0 Å². The lowest BCUT2D eigenvalue weighted by molar-refractivity contribution is -0.137. The molecule has 0 unspecified atom stereocenters. The summed E-state index contributed by atoms with van der Waals surface area (Å²) in [7, 11) is 1.54. The lowest BCUT2D eigenvalue weighted by atomic mass is 10.1. The second-order valence-corrected chi connectivity index (χ2v) is 5.26. The number of alkyl halides is 3. The molecular weight excluding hydrogens is 338 g/mol. The van der Waals surface area contributed by atoms with Crippen LogP contribution in [0.15, 0.2) is 47.5 Å². The van der Waals surface area contributed by atoms with E-state index >= 15 is 0 Å². The zero-order valence-corrected chi connectivity index (χ0v) is 13.4. The number of aliphatic imine (C=N–C) groups is 1. The fourth-order valence-electron chi connectivity index (χ4n) is 2.06. The highest BCUT2D eigenvalue weighted by Gasteiger charge is 2.29. The maximum Gasteiger partial charge on any atom is 0.416 e. The Bertz CT molecular complexity index is 743. The van der Waals surface area contributed by atoms with Gasteiger partial charge in [0, 0.05) is 20.1 Å². The molecule has 0 aliphatic rings. The van der Waals surface area contributed by atoms with Gasteiger partial charge in [0.1, 0.15) is 0 Å². The maximum atomic E-state index is 13.3. The topological polar surface area (TPSA) is 56.7 Å². The summed E-state index contributed by atoms with van der Waals surface area (Å²) in [6, 6.07) is 8.83. The Hall–Kier alpha value is -2.77. The predicted octanol–water partition coefficient (Wildman–Crippen LogP) is 3.42. The normalized spacial score (nSPS) is 12.1. The summed E-state index contributed by atoms with van der Waals surface area (Å²) < 4.78 is 50.8. The first-order valence-electron chi connectivity index (χ1n) is 7.37. The second-order valence-electron chi connectivity index (χ2n) is 5.26. The van der Waals surface area contributed by atoms with E-state index in [0.717, 1.165) is 12.1 Å². The number of aromatic hydroxyl groups is 1. The minimum atomic E-state index is -4.36. The highest BCUT2D eigenvalue weighted by Crippen LogP contribution is 2.29. The number of nitrogens with zero attached hydrogens (tertiary/aromatic N) is 1. The number of phenols is 1. The Morgan fingerprint density at radius 2 is 1.56 bits per heavy atom. The summed E-state index contributed by atoms with van der Waals surface area (Å²) in [6.45, 7) is 0.547. The number of rotatable bonds is 4. The number of hydrogen-bond acceptors (Lipinski definition) is 2. The van der Waals surface area contributed by atoms with Crippen LogP contribution in [0, 0.1) is 5.82 Å². The molecule has 0 amide bonds. The Balaban J connectivity index is 1.88. The Morgan fingerprint density at radius 1 is 1.00 bits per heavy atom. The van der Waals surface area contributed by atoms with E-state index in [-0.39, 0.29) is 13.1 Å². The van der Waals surface area contributed by atoms with Gasteiger partial charge in [-0.2, -0.15) is 13.2 Å². The van der Waals surface area contributed by atoms with Gasteiger partial charge in [0.25, 0.3) is 0 Å². The van der Waals surface area contributed by atoms with E-state index in [1.807, 2.05) is 0 Å². The summed E-state index contributed by atoms with van der Waals surface area (Å²) in [6.07, 6.45) is -4.36. The number of halogens is 4. The molecular formula is C17H17F4N3O. The summed E-state index contributed by atoms with van der Waals surface area (Å²) in [4.78, 5) is 3.99. The van der Waals surface area contributed by atoms with Crippen molar-refractivity contribution in [3.63, 3.8) is 0 Å². The SMILES string of the molecule is CN=C(NCc1ccc(C(F)(F)F)cc1)NCc1ccc(O)c(F)c1. The zero-order valence-electron chi connectivity index (χ0n) is 13.4. The van der Waals surface area contributed by atoms with Crippen molar-refractivity contribution in [2.24, 2.45) is 4.99 Å². The Kier molecular flexibility index (Phi) is 5.84. The van der Waals surface area contributed by atoms with Crippen LogP contribution in [-0.4, -0.2) is 18.1 Å². The third-order valence-corrected chi connectivity index (χ3v) is 3.44. The predicted molar refractivity (Wildman–Crippen MR) is 86.5 cm³/mol. The van der Waals surface area contributed by atoms with Crippen LogP contribution in [0.4, 0.5) is 17.6 Å². The van der Waals surface area contributed by atoms with Gasteiger partial charge in [-0.1, -0.05) is 18.2 Å². The Labute approximate surface area is 142 Å². The molecule has 25 heavy (non-hydrogen) atoms. The van der Waals surface area contributed by atoms with Gasteiger partial charge in [-0.05, 0) is 35.4 Å².